The van der Waals surface area contributed by atoms with E-state index in [1.165, 1.54) is 11.0 Å². The highest BCUT2D eigenvalue weighted by molar-refractivity contribution is 5.83. The number of carbonyl (C=O) groups excluding carboxylic acids is 1. The van der Waals surface area contributed by atoms with Gasteiger partial charge in [0.15, 0.2) is 0 Å². The van der Waals surface area contributed by atoms with Crippen LogP contribution >= 0.6 is 0 Å². The van der Waals surface area contributed by atoms with Crippen molar-refractivity contribution in [3.63, 3.8) is 0 Å². The number of anilines is 1. The molecule has 2 heterocycles. The van der Waals surface area contributed by atoms with Gasteiger partial charge < -0.3 is 10.2 Å². The standard InChI is InChI=1S/C12H15F3N6O/c1-6-5-8(17-7(2)9(22)20(3)4)21-11(16-6)18-10(19-21)12(13,14)15/h5,7,17H,1-4H3/t7-/m0/s1. The summed E-state index contributed by atoms with van der Waals surface area (Å²) in [6.07, 6.45) is -4.66. The first kappa shape index (κ1) is 16.0. The van der Waals surface area contributed by atoms with E-state index in [1.807, 2.05) is 0 Å². The van der Waals surface area contributed by atoms with E-state index in [9.17, 15) is 18.0 Å². The number of fused-ring (bicyclic) bond motifs is 1. The number of rotatable bonds is 3. The number of halogens is 3. The predicted molar refractivity (Wildman–Crippen MR) is 72.3 cm³/mol. The van der Waals surface area contributed by atoms with E-state index < -0.39 is 18.0 Å². The Morgan fingerprint density at radius 3 is 2.55 bits per heavy atom. The van der Waals surface area contributed by atoms with Gasteiger partial charge in [-0.05, 0) is 13.8 Å². The second-order valence-electron chi connectivity index (χ2n) is 5.03. The number of amides is 1. The molecule has 0 saturated carbocycles. The molecule has 0 spiro atoms. The topological polar surface area (TPSA) is 75.4 Å². The highest BCUT2D eigenvalue weighted by Crippen LogP contribution is 2.27. The summed E-state index contributed by atoms with van der Waals surface area (Å²) in [6.45, 7) is 3.22. The minimum Gasteiger partial charge on any atom is -0.358 e. The van der Waals surface area contributed by atoms with Crippen LogP contribution in [0.15, 0.2) is 6.07 Å². The lowest BCUT2D eigenvalue weighted by molar-refractivity contribution is -0.144. The van der Waals surface area contributed by atoms with Crippen molar-refractivity contribution in [2.75, 3.05) is 19.4 Å². The molecular formula is C12H15F3N6O. The van der Waals surface area contributed by atoms with E-state index in [1.54, 1.807) is 27.9 Å². The van der Waals surface area contributed by atoms with Gasteiger partial charge in [-0.2, -0.15) is 22.7 Å². The van der Waals surface area contributed by atoms with E-state index in [0.29, 0.717) is 5.69 Å². The average molecular weight is 316 g/mol. The Morgan fingerprint density at radius 2 is 2.00 bits per heavy atom. The van der Waals surface area contributed by atoms with E-state index in [-0.39, 0.29) is 17.5 Å². The quantitative estimate of drug-likeness (QED) is 0.925. The molecule has 0 aromatic carbocycles. The van der Waals surface area contributed by atoms with Gasteiger partial charge in [-0.25, -0.2) is 4.98 Å². The number of likely N-dealkylation sites (N-methyl/N-ethyl adjacent to an activating group) is 1. The zero-order chi connectivity index (χ0) is 16.7. The smallest absolute Gasteiger partial charge is 0.358 e. The predicted octanol–water partition coefficient (Wildman–Crippen LogP) is 1.34. The van der Waals surface area contributed by atoms with Crippen molar-refractivity contribution < 1.29 is 18.0 Å². The molecular weight excluding hydrogens is 301 g/mol. The molecule has 0 bridgehead atoms. The molecule has 0 aliphatic carbocycles. The van der Waals surface area contributed by atoms with Crippen LogP contribution in [0.1, 0.15) is 18.4 Å². The van der Waals surface area contributed by atoms with Gasteiger partial charge in [0.1, 0.15) is 11.9 Å². The maximum Gasteiger partial charge on any atom is 0.453 e. The van der Waals surface area contributed by atoms with Crippen molar-refractivity contribution in [1.29, 1.82) is 0 Å². The number of nitrogens with one attached hydrogen (secondary N) is 1. The Hall–Kier alpha value is -2.39. The van der Waals surface area contributed by atoms with Crippen molar-refractivity contribution in [1.82, 2.24) is 24.5 Å². The van der Waals surface area contributed by atoms with E-state index >= 15 is 0 Å². The van der Waals surface area contributed by atoms with Crippen LogP contribution < -0.4 is 5.32 Å². The number of alkyl halides is 3. The first-order valence-corrected chi connectivity index (χ1v) is 6.39. The second kappa shape index (κ2) is 5.43. The molecule has 2 aromatic heterocycles. The number of nitrogens with zero attached hydrogens (tertiary/aromatic N) is 5. The van der Waals surface area contributed by atoms with Gasteiger partial charge in [-0.3, -0.25) is 4.79 Å². The van der Waals surface area contributed by atoms with Gasteiger partial charge in [-0.15, -0.1) is 5.10 Å². The number of aromatic nitrogens is 4. The summed E-state index contributed by atoms with van der Waals surface area (Å²) >= 11 is 0. The largest absolute Gasteiger partial charge is 0.453 e. The fourth-order valence-electron chi connectivity index (χ4n) is 1.88. The van der Waals surface area contributed by atoms with Crippen LogP contribution in [0, 0.1) is 6.92 Å². The van der Waals surface area contributed by atoms with Crippen molar-refractivity contribution in [2.45, 2.75) is 26.1 Å². The fourth-order valence-corrected chi connectivity index (χ4v) is 1.88. The molecule has 120 valence electrons. The van der Waals surface area contributed by atoms with Crippen LogP contribution in [0.2, 0.25) is 0 Å². The molecule has 7 nitrogen and oxygen atoms in total. The highest BCUT2D eigenvalue weighted by atomic mass is 19.4. The van der Waals surface area contributed by atoms with E-state index in [2.05, 4.69) is 20.4 Å². The Bertz CT molecular complexity index is 709. The molecule has 0 saturated heterocycles. The lowest BCUT2D eigenvalue weighted by Gasteiger charge is -2.19. The normalized spacial score (nSPS) is 13.2. The van der Waals surface area contributed by atoms with Crippen LogP contribution in [0.25, 0.3) is 5.78 Å². The van der Waals surface area contributed by atoms with Crippen LogP contribution in [0.4, 0.5) is 19.0 Å². The van der Waals surface area contributed by atoms with Gasteiger partial charge in [0.25, 0.3) is 11.6 Å². The van der Waals surface area contributed by atoms with E-state index in [4.69, 9.17) is 0 Å². The Labute approximate surface area is 124 Å². The minimum atomic E-state index is -4.66. The fraction of sp³-hybridized carbons (Fsp3) is 0.500. The van der Waals surface area contributed by atoms with Crippen molar-refractivity contribution in [2.24, 2.45) is 0 Å². The van der Waals surface area contributed by atoms with Gasteiger partial charge in [0.05, 0.1) is 0 Å². The number of aryl methyl sites for hydroxylation is 1. The number of carbonyl (C=O) groups is 1. The third-order valence-electron chi connectivity index (χ3n) is 2.87. The molecule has 0 fully saturated rings. The summed E-state index contributed by atoms with van der Waals surface area (Å²) in [4.78, 5) is 20.5. The van der Waals surface area contributed by atoms with E-state index in [0.717, 1.165) is 4.52 Å². The Balaban J connectivity index is 2.45. The molecule has 2 aromatic rings. The molecule has 1 amide bonds. The second-order valence-corrected chi connectivity index (χ2v) is 5.03. The monoisotopic (exact) mass is 316 g/mol. The molecule has 22 heavy (non-hydrogen) atoms. The number of hydrogen-bond donors (Lipinski definition) is 1. The van der Waals surface area contributed by atoms with Crippen LogP contribution in [-0.4, -0.2) is 50.5 Å². The summed E-state index contributed by atoms with van der Waals surface area (Å²) in [5, 5.41) is 6.25. The summed E-state index contributed by atoms with van der Waals surface area (Å²) in [6, 6.07) is 0.861. The summed E-state index contributed by atoms with van der Waals surface area (Å²) in [5.74, 6) is -1.47. The SMILES string of the molecule is Cc1cc(N[C@@H](C)C(=O)N(C)C)n2nc(C(F)(F)F)nc2n1. The average Bonchev–Trinajstić information content (AvgIpc) is 2.81. The Kier molecular flexibility index (Phi) is 3.94. The molecule has 1 atom stereocenters. The molecule has 0 radical (unpaired) electrons. The Morgan fingerprint density at radius 1 is 1.36 bits per heavy atom. The van der Waals surface area contributed by atoms with Gasteiger partial charge in [0, 0.05) is 25.9 Å². The van der Waals surface area contributed by atoms with Crippen LogP contribution in [0.5, 0.6) is 0 Å². The zero-order valence-electron chi connectivity index (χ0n) is 12.4. The summed E-state index contributed by atoms with van der Waals surface area (Å²) < 4.78 is 39.1. The zero-order valence-corrected chi connectivity index (χ0v) is 12.4. The molecule has 10 heteroatoms. The molecule has 0 unspecified atom stereocenters. The summed E-state index contributed by atoms with van der Waals surface area (Å²) in [5.41, 5.74) is 0.459. The highest BCUT2D eigenvalue weighted by Gasteiger charge is 2.37. The van der Waals surface area contributed by atoms with Crippen molar-refractivity contribution >= 4 is 17.5 Å². The minimum absolute atomic E-state index is 0.181. The number of hydrogen-bond acceptors (Lipinski definition) is 5. The molecule has 0 aliphatic rings. The van der Waals surface area contributed by atoms with Crippen molar-refractivity contribution in [3.8, 4) is 0 Å². The van der Waals surface area contributed by atoms with Crippen LogP contribution in [-0.2, 0) is 11.0 Å². The molecule has 2 rings (SSSR count). The molecule has 0 aliphatic heterocycles. The third-order valence-corrected chi connectivity index (χ3v) is 2.87. The third kappa shape index (κ3) is 3.10. The van der Waals surface area contributed by atoms with Gasteiger partial charge in [-0.1, -0.05) is 0 Å². The van der Waals surface area contributed by atoms with Crippen molar-refractivity contribution in [3.05, 3.63) is 17.6 Å². The first-order valence-electron chi connectivity index (χ1n) is 6.39. The van der Waals surface area contributed by atoms with Gasteiger partial charge >= 0.3 is 6.18 Å². The van der Waals surface area contributed by atoms with Crippen LogP contribution in [0.3, 0.4) is 0 Å². The maximum atomic E-state index is 12.7. The lowest BCUT2D eigenvalue weighted by atomic mass is 10.3. The first-order chi connectivity index (χ1) is 10.1. The lowest BCUT2D eigenvalue weighted by Crippen LogP contribution is -2.37. The summed E-state index contributed by atoms with van der Waals surface area (Å²) in [7, 11) is 3.18. The molecule has 1 N–H and O–H groups in total. The maximum absolute atomic E-state index is 12.7. The van der Waals surface area contributed by atoms with Gasteiger partial charge in [0.2, 0.25) is 5.91 Å².